The number of nitrogens with one attached hydrogen (secondary N) is 1. The van der Waals surface area contributed by atoms with Crippen molar-refractivity contribution in [1.82, 2.24) is 10.2 Å². The summed E-state index contributed by atoms with van der Waals surface area (Å²) in [5, 5.41) is 3.48. The van der Waals surface area contributed by atoms with Crippen molar-refractivity contribution in [2.75, 3.05) is 39.3 Å². The van der Waals surface area contributed by atoms with Crippen LogP contribution >= 0.6 is 0 Å². The first-order valence-corrected chi connectivity index (χ1v) is 7.20. The van der Waals surface area contributed by atoms with Crippen molar-refractivity contribution in [3.8, 4) is 11.5 Å². The van der Waals surface area contributed by atoms with E-state index in [1.807, 2.05) is 24.3 Å². The number of fused-ring (bicyclic) bond motifs is 2. The summed E-state index contributed by atoms with van der Waals surface area (Å²) >= 11 is 0. The minimum Gasteiger partial charge on any atom is -0.486 e. The van der Waals surface area contributed by atoms with E-state index in [0.29, 0.717) is 6.61 Å². The SMILES string of the molecule is c1ccc2c(c1)OCC(CN1CC3CNCC3C1)O2. The Morgan fingerprint density at radius 3 is 2.63 bits per heavy atom. The fourth-order valence-electron chi connectivity index (χ4n) is 3.54. The van der Waals surface area contributed by atoms with Crippen LogP contribution in [-0.2, 0) is 0 Å². The molecule has 3 heterocycles. The Labute approximate surface area is 113 Å². The van der Waals surface area contributed by atoms with Crippen LogP contribution in [0.4, 0.5) is 0 Å². The number of benzene rings is 1. The van der Waals surface area contributed by atoms with E-state index in [2.05, 4.69) is 10.2 Å². The quantitative estimate of drug-likeness (QED) is 0.859. The van der Waals surface area contributed by atoms with Crippen LogP contribution in [0.2, 0.25) is 0 Å². The van der Waals surface area contributed by atoms with E-state index in [9.17, 15) is 0 Å². The molecular weight excluding hydrogens is 240 g/mol. The molecule has 3 aliphatic rings. The van der Waals surface area contributed by atoms with Crippen molar-refractivity contribution >= 4 is 0 Å². The minimum atomic E-state index is 0.168. The van der Waals surface area contributed by atoms with Gasteiger partial charge in [0.2, 0.25) is 0 Å². The molecule has 0 aliphatic carbocycles. The van der Waals surface area contributed by atoms with E-state index >= 15 is 0 Å². The van der Waals surface area contributed by atoms with Crippen LogP contribution in [0.3, 0.4) is 0 Å². The summed E-state index contributed by atoms with van der Waals surface area (Å²) in [6.07, 6.45) is 0.168. The Morgan fingerprint density at radius 2 is 1.84 bits per heavy atom. The number of para-hydroxylation sites is 2. The molecule has 2 fully saturated rings. The lowest BCUT2D eigenvalue weighted by Gasteiger charge is -2.29. The molecule has 4 nitrogen and oxygen atoms in total. The average molecular weight is 260 g/mol. The maximum atomic E-state index is 6.03. The summed E-state index contributed by atoms with van der Waals surface area (Å²) in [6, 6.07) is 7.94. The summed E-state index contributed by atoms with van der Waals surface area (Å²) in [5.74, 6) is 3.45. The predicted molar refractivity (Wildman–Crippen MR) is 72.6 cm³/mol. The van der Waals surface area contributed by atoms with Gasteiger partial charge in [-0.05, 0) is 37.1 Å². The average Bonchev–Trinajstić information content (AvgIpc) is 2.99. The molecule has 1 N–H and O–H groups in total. The van der Waals surface area contributed by atoms with Crippen molar-refractivity contribution in [2.45, 2.75) is 6.10 Å². The van der Waals surface area contributed by atoms with Crippen molar-refractivity contribution < 1.29 is 9.47 Å². The van der Waals surface area contributed by atoms with Gasteiger partial charge in [-0.3, -0.25) is 4.90 Å². The molecule has 3 aliphatic heterocycles. The van der Waals surface area contributed by atoms with E-state index in [1.165, 1.54) is 26.2 Å². The Bertz CT molecular complexity index is 453. The van der Waals surface area contributed by atoms with Gasteiger partial charge in [0.25, 0.3) is 0 Å². The monoisotopic (exact) mass is 260 g/mol. The zero-order valence-electron chi connectivity index (χ0n) is 11.0. The van der Waals surface area contributed by atoms with E-state index in [0.717, 1.165) is 29.9 Å². The molecule has 0 saturated carbocycles. The highest BCUT2D eigenvalue weighted by Gasteiger charge is 2.37. The lowest BCUT2D eigenvalue weighted by atomic mass is 10.0. The first kappa shape index (κ1) is 11.6. The number of hydrogen-bond acceptors (Lipinski definition) is 4. The highest BCUT2D eigenvalue weighted by molar-refractivity contribution is 5.40. The van der Waals surface area contributed by atoms with Gasteiger partial charge in [0.05, 0.1) is 0 Å². The van der Waals surface area contributed by atoms with Gasteiger partial charge in [0.15, 0.2) is 11.5 Å². The molecule has 102 valence electrons. The van der Waals surface area contributed by atoms with Gasteiger partial charge < -0.3 is 14.8 Å². The van der Waals surface area contributed by atoms with E-state index in [1.54, 1.807) is 0 Å². The first-order chi connectivity index (χ1) is 9.38. The van der Waals surface area contributed by atoms with E-state index < -0.39 is 0 Å². The van der Waals surface area contributed by atoms with Crippen LogP contribution in [0, 0.1) is 11.8 Å². The van der Waals surface area contributed by atoms with Crippen molar-refractivity contribution in [3.63, 3.8) is 0 Å². The Kier molecular flexibility index (Phi) is 2.85. The third-order valence-electron chi connectivity index (χ3n) is 4.49. The summed E-state index contributed by atoms with van der Waals surface area (Å²) < 4.78 is 11.8. The van der Waals surface area contributed by atoms with Crippen molar-refractivity contribution in [1.29, 1.82) is 0 Å². The lowest BCUT2D eigenvalue weighted by molar-refractivity contribution is 0.0632. The lowest BCUT2D eigenvalue weighted by Crippen LogP contribution is -2.41. The second-order valence-corrected chi connectivity index (χ2v) is 5.89. The molecule has 0 amide bonds. The number of hydrogen-bond donors (Lipinski definition) is 1. The summed E-state index contributed by atoms with van der Waals surface area (Å²) in [4.78, 5) is 2.54. The van der Waals surface area contributed by atoms with Gasteiger partial charge in [-0.1, -0.05) is 12.1 Å². The fraction of sp³-hybridized carbons (Fsp3) is 0.600. The van der Waals surface area contributed by atoms with Crippen molar-refractivity contribution in [3.05, 3.63) is 24.3 Å². The molecule has 1 aromatic carbocycles. The molecule has 3 unspecified atom stereocenters. The molecule has 0 spiro atoms. The molecule has 19 heavy (non-hydrogen) atoms. The number of likely N-dealkylation sites (tertiary alicyclic amines) is 1. The second-order valence-electron chi connectivity index (χ2n) is 5.89. The van der Waals surface area contributed by atoms with Gasteiger partial charge in [-0.15, -0.1) is 0 Å². The standard InChI is InChI=1S/C15H20N2O2/c1-2-4-15-14(3-1)18-10-13(19-15)9-17-7-11-5-16-6-12(11)8-17/h1-4,11-13,16H,5-10H2. The van der Waals surface area contributed by atoms with Gasteiger partial charge in [0.1, 0.15) is 12.7 Å². The molecule has 0 bridgehead atoms. The fourth-order valence-corrected chi connectivity index (χ4v) is 3.54. The van der Waals surface area contributed by atoms with E-state index in [-0.39, 0.29) is 6.10 Å². The predicted octanol–water partition coefficient (Wildman–Crippen LogP) is 0.978. The second kappa shape index (κ2) is 4.69. The third-order valence-corrected chi connectivity index (χ3v) is 4.49. The van der Waals surface area contributed by atoms with Crippen LogP contribution in [0.5, 0.6) is 11.5 Å². The molecule has 2 saturated heterocycles. The smallest absolute Gasteiger partial charge is 0.161 e. The van der Waals surface area contributed by atoms with Crippen LogP contribution in [-0.4, -0.2) is 50.3 Å². The number of nitrogens with zero attached hydrogens (tertiary/aromatic N) is 1. The maximum absolute atomic E-state index is 6.03. The minimum absolute atomic E-state index is 0.168. The van der Waals surface area contributed by atoms with Crippen LogP contribution in [0.25, 0.3) is 0 Å². The normalized spacial score (nSPS) is 33.4. The Morgan fingerprint density at radius 1 is 1.11 bits per heavy atom. The number of rotatable bonds is 2. The Balaban J connectivity index is 1.38. The van der Waals surface area contributed by atoms with Gasteiger partial charge >= 0.3 is 0 Å². The van der Waals surface area contributed by atoms with Crippen LogP contribution in [0.1, 0.15) is 0 Å². The maximum Gasteiger partial charge on any atom is 0.161 e. The molecule has 1 aromatic rings. The summed E-state index contributed by atoms with van der Waals surface area (Å²) in [6.45, 7) is 6.44. The molecular formula is C15H20N2O2. The van der Waals surface area contributed by atoms with E-state index in [4.69, 9.17) is 9.47 Å². The van der Waals surface area contributed by atoms with Crippen LogP contribution < -0.4 is 14.8 Å². The van der Waals surface area contributed by atoms with Crippen molar-refractivity contribution in [2.24, 2.45) is 11.8 Å². The summed E-state index contributed by atoms with van der Waals surface area (Å²) in [7, 11) is 0. The third kappa shape index (κ3) is 2.19. The summed E-state index contributed by atoms with van der Waals surface area (Å²) in [5.41, 5.74) is 0. The van der Waals surface area contributed by atoms with Gasteiger partial charge in [0, 0.05) is 19.6 Å². The molecule has 4 heteroatoms. The zero-order valence-corrected chi connectivity index (χ0v) is 11.0. The topological polar surface area (TPSA) is 33.7 Å². The Hall–Kier alpha value is -1.26. The highest BCUT2D eigenvalue weighted by atomic mass is 16.6. The molecule has 0 radical (unpaired) electrons. The molecule has 4 rings (SSSR count). The highest BCUT2D eigenvalue weighted by Crippen LogP contribution is 2.32. The van der Waals surface area contributed by atoms with Gasteiger partial charge in [-0.25, -0.2) is 0 Å². The molecule has 3 atom stereocenters. The number of ether oxygens (including phenoxy) is 2. The zero-order chi connectivity index (χ0) is 12.7. The first-order valence-electron chi connectivity index (χ1n) is 7.20. The largest absolute Gasteiger partial charge is 0.486 e. The van der Waals surface area contributed by atoms with Crippen LogP contribution in [0.15, 0.2) is 24.3 Å². The molecule has 0 aromatic heterocycles. The van der Waals surface area contributed by atoms with Gasteiger partial charge in [-0.2, -0.15) is 0 Å².